The molecule has 1 saturated heterocycles. The highest BCUT2D eigenvalue weighted by Gasteiger charge is 2.48. The van der Waals surface area contributed by atoms with Crippen molar-refractivity contribution in [3.05, 3.63) is 42.0 Å². The van der Waals surface area contributed by atoms with Gasteiger partial charge in [0.15, 0.2) is 0 Å². The van der Waals surface area contributed by atoms with E-state index in [-0.39, 0.29) is 17.8 Å². The average molecular weight is 294 g/mol. The number of rotatable bonds is 2. The SMILES string of the molecule is C=CCN1CC[C@@]2(C)c3cc(O)ccc3C[C@H]1[C@H]2C.Cl. The summed E-state index contributed by atoms with van der Waals surface area (Å²) in [6.45, 7) is 10.7. The molecule has 0 spiro atoms. The van der Waals surface area contributed by atoms with Gasteiger partial charge in [-0.25, -0.2) is 0 Å². The van der Waals surface area contributed by atoms with Crippen LogP contribution in [0.3, 0.4) is 0 Å². The zero-order valence-corrected chi connectivity index (χ0v) is 13.1. The van der Waals surface area contributed by atoms with Gasteiger partial charge in [-0.3, -0.25) is 4.90 Å². The molecule has 1 aromatic rings. The van der Waals surface area contributed by atoms with E-state index in [4.69, 9.17) is 0 Å². The van der Waals surface area contributed by atoms with Gasteiger partial charge in [-0.2, -0.15) is 0 Å². The number of phenolic OH excluding ortho intramolecular Hbond substituents is 1. The summed E-state index contributed by atoms with van der Waals surface area (Å²) >= 11 is 0. The summed E-state index contributed by atoms with van der Waals surface area (Å²) in [6, 6.07) is 6.53. The van der Waals surface area contributed by atoms with Crippen molar-refractivity contribution in [3.8, 4) is 5.75 Å². The molecule has 1 heterocycles. The molecular weight excluding hydrogens is 270 g/mol. The first-order valence-electron chi connectivity index (χ1n) is 7.23. The lowest BCUT2D eigenvalue weighted by Gasteiger charge is -2.54. The molecule has 20 heavy (non-hydrogen) atoms. The molecule has 1 N–H and O–H groups in total. The zero-order chi connectivity index (χ0) is 13.6. The molecule has 0 amide bonds. The van der Waals surface area contributed by atoms with Crippen molar-refractivity contribution in [2.75, 3.05) is 13.1 Å². The minimum absolute atomic E-state index is 0. The normalized spacial score (nSPS) is 32.1. The van der Waals surface area contributed by atoms with Gasteiger partial charge < -0.3 is 5.11 Å². The fraction of sp³-hybridized carbons (Fsp3) is 0.529. The lowest BCUT2D eigenvalue weighted by atomic mass is 9.59. The molecule has 2 nitrogen and oxygen atoms in total. The number of piperidine rings is 1. The molecule has 3 atom stereocenters. The summed E-state index contributed by atoms with van der Waals surface area (Å²) in [5.41, 5.74) is 2.99. The van der Waals surface area contributed by atoms with Crippen molar-refractivity contribution >= 4 is 12.4 Å². The predicted octanol–water partition coefficient (Wildman–Crippen LogP) is 3.52. The molecule has 0 radical (unpaired) electrons. The smallest absolute Gasteiger partial charge is 0.115 e. The number of fused-ring (bicyclic) bond motifs is 4. The van der Waals surface area contributed by atoms with Crippen LogP contribution in [0.4, 0.5) is 0 Å². The van der Waals surface area contributed by atoms with Gasteiger partial charge in [0.1, 0.15) is 5.75 Å². The molecule has 0 saturated carbocycles. The van der Waals surface area contributed by atoms with Crippen molar-refractivity contribution in [2.45, 2.75) is 38.1 Å². The number of hydrogen-bond acceptors (Lipinski definition) is 2. The van der Waals surface area contributed by atoms with Crippen LogP contribution in [-0.2, 0) is 11.8 Å². The molecule has 2 aliphatic rings. The first-order chi connectivity index (χ1) is 9.06. The number of hydrogen-bond donors (Lipinski definition) is 1. The number of halogens is 1. The fourth-order valence-electron chi connectivity index (χ4n) is 4.09. The lowest BCUT2D eigenvalue weighted by molar-refractivity contribution is 0.0398. The Labute approximate surface area is 127 Å². The van der Waals surface area contributed by atoms with E-state index < -0.39 is 0 Å². The lowest BCUT2D eigenvalue weighted by Crippen LogP contribution is -2.57. The van der Waals surface area contributed by atoms with Crippen molar-refractivity contribution in [1.29, 1.82) is 0 Å². The number of likely N-dealkylation sites (tertiary alicyclic amines) is 1. The van der Waals surface area contributed by atoms with Crippen LogP contribution in [0.1, 0.15) is 31.4 Å². The van der Waals surface area contributed by atoms with Crippen LogP contribution in [0, 0.1) is 5.92 Å². The molecule has 1 aliphatic carbocycles. The van der Waals surface area contributed by atoms with Crippen LogP contribution >= 0.6 is 12.4 Å². The minimum atomic E-state index is 0. The zero-order valence-electron chi connectivity index (χ0n) is 12.3. The van der Waals surface area contributed by atoms with Gasteiger partial charge in [-0.05, 0) is 54.0 Å². The summed E-state index contributed by atoms with van der Waals surface area (Å²) in [7, 11) is 0. The van der Waals surface area contributed by atoms with E-state index in [0.717, 1.165) is 25.9 Å². The number of nitrogens with zero attached hydrogens (tertiary/aromatic N) is 1. The Balaban J connectivity index is 0.00000147. The quantitative estimate of drug-likeness (QED) is 0.843. The molecule has 3 rings (SSSR count). The van der Waals surface area contributed by atoms with Crippen molar-refractivity contribution in [2.24, 2.45) is 5.92 Å². The number of phenols is 1. The van der Waals surface area contributed by atoms with E-state index in [1.54, 1.807) is 0 Å². The largest absolute Gasteiger partial charge is 0.508 e. The molecule has 0 unspecified atom stereocenters. The van der Waals surface area contributed by atoms with Gasteiger partial charge in [-0.1, -0.05) is 26.0 Å². The van der Waals surface area contributed by atoms with Crippen molar-refractivity contribution in [1.82, 2.24) is 4.90 Å². The Bertz CT molecular complexity index is 516. The highest BCUT2D eigenvalue weighted by atomic mass is 35.5. The van der Waals surface area contributed by atoms with Gasteiger partial charge in [0.2, 0.25) is 0 Å². The predicted molar refractivity (Wildman–Crippen MR) is 85.7 cm³/mol. The van der Waals surface area contributed by atoms with E-state index >= 15 is 0 Å². The summed E-state index contributed by atoms with van der Waals surface area (Å²) in [5.74, 6) is 1.02. The molecule has 1 aliphatic heterocycles. The summed E-state index contributed by atoms with van der Waals surface area (Å²) < 4.78 is 0. The van der Waals surface area contributed by atoms with Gasteiger partial charge in [0, 0.05) is 12.6 Å². The fourth-order valence-corrected chi connectivity index (χ4v) is 4.09. The van der Waals surface area contributed by atoms with E-state index in [0.29, 0.717) is 17.7 Å². The average Bonchev–Trinajstić information content (AvgIpc) is 2.38. The molecule has 2 bridgehead atoms. The highest BCUT2D eigenvalue weighted by Crippen LogP contribution is 2.49. The second-order valence-electron chi connectivity index (χ2n) is 6.35. The van der Waals surface area contributed by atoms with E-state index in [1.807, 2.05) is 18.2 Å². The summed E-state index contributed by atoms with van der Waals surface area (Å²) in [6.07, 6.45) is 4.27. The third kappa shape index (κ3) is 2.15. The van der Waals surface area contributed by atoms with Crippen LogP contribution in [0.5, 0.6) is 5.75 Å². The molecule has 110 valence electrons. The summed E-state index contributed by atoms with van der Waals surface area (Å²) in [5, 5.41) is 9.80. The molecular formula is C17H24ClNO. The third-order valence-corrected chi connectivity index (χ3v) is 5.47. The van der Waals surface area contributed by atoms with Crippen LogP contribution in [0.2, 0.25) is 0 Å². The van der Waals surface area contributed by atoms with E-state index in [1.165, 1.54) is 11.1 Å². The first kappa shape index (κ1) is 15.4. The maximum absolute atomic E-state index is 9.80. The van der Waals surface area contributed by atoms with Crippen LogP contribution in [0.25, 0.3) is 0 Å². The van der Waals surface area contributed by atoms with Crippen LogP contribution in [0.15, 0.2) is 30.9 Å². The molecule has 1 aromatic carbocycles. The Morgan fingerprint density at radius 2 is 2.25 bits per heavy atom. The van der Waals surface area contributed by atoms with Crippen LogP contribution in [-0.4, -0.2) is 29.1 Å². The maximum atomic E-state index is 9.80. The van der Waals surface area contributed by atoms with Crippen LogP contribution < -0.4 is 0 Å². The van der Waals surface area contributed by atoms with E-state index in [2.05, 4.69) is 31.4 Å². The standard InChI is InChI=1S/C17H23NO.ClH/c1-4-8-18-9-7-17(3)12(2)16(18)10-13-5-6-14(19)11-15(13)17;/h4-6,11-12,16,19H,1,7-10H2,2-3H3;1H/t12-,16+,17-;/m1./s1. The minimum Gasteiger partial charge on any atom is -0.508 e. The monoisotopic (exact) mass is 293 g/mol. The Morgan fingerprint density at radius 3 is 2.95 bits per heavy atom. The Morgan fingerprint density at radius 1 is 1.50 bits per heavy atom. The maximum Gasteiger partial charge on any atom is 0.115 e. The van der Waals surface area contributed by atoms with Gasteiger partial charge in [0.05, 0.1) is 0 Å². The van der Waals surface area contributed by atoms with Crippen molar-refractivity contribution < 1.29 is 5.11 Å². The summed E-state index contributed by atoms with van der Waals surface area (Å²) in [4.78, 5) is 2.56. The molecule has 1 fully saturated rings. The number of aromatic hydroxyl groups is 1. The topological polar surface area (TPSA) is 23.5 Å². The van der Waals surface area contributed by atoms with E-state index in [9.17, 15) is 5.11 Å². The Hall–Kier alpha value is -0.990. The van der Waals surface area contributed by atoms with Gasteiger partial charge >= 0.3 is 0 Å². The van der Waals surface area contributed by atoms with Gasteiger partial charge in [0.25, 0.3) is 0 Å². The van der Waals surface area contributed by atoms with Gasteiger partial charge in [-0.15, -0.1) is 19.0 Å². The highest BCUT2D eigenvalue weighted by molar-refractivity contribution is 5.85. The number of benzene rings is 1. The van der Waals surface area contributed by atoms with Crippen molar-refractivity contribution in [3.63, 3.8) is 0 Å². The molecule has 0 aromatic heterocycles. The third-order valence-electron chi connectivity index (χ3n) is 5.47. The first-order valence-corrected chi connectivity index (χ1v) is 7.23. The second kappa shape index (κ2) is 5.42. The second-order valence-corrected chi connectivity index (χ2v) is 6.35. The Kier molecular flexibility index (Phi) is 4.17. The molecule has 3 heteroatoms.